The maximum absolute atomic E-state index is 13.1. The summed E-state index contributed by atoms with van der Waals surface area (Å²) in [5, 5.41) is 4.06. The largest absolute Gasteiger partial charge is 0.351 e. The van der Waals surface area contributed by atoms with Crippen molar-refractivity contribution in [2.75, 3.05) is 31.5 Å². The molecule has 0 unspecified atom stereocenters. The van der Waals surface area contributed by atoms with Gasteiger partial charge < -0.3 is 5.32 Å². The lowest BCUT2D eigenvalue weighted by Gasteiger charge is -2.42. The van der Waals surface area contributed by atoms with Gasteiger partial charge in [0.1, 0.15) is 5.65 Å². The van der Waals surface area contributed by atoms with Crippen LogP contribution in [-0.2, 0) is 10.2 Å². The van der Waals surface area contributed by atoms with Crippen molar-refractivity contribution >= 4 is 27.2 Å². The fraction of sp³-hybridized carbons (Fsp3) is 0.650. The molecule has 0 bridgehead atoms. The predicted octanol–water partition coefficient (Wildman–Crippen LogP) is 1.98. The molecule has 0 spiro atoms. The zero-order chi connectivity index (χ0) is 22.5. The molecule has 0 atom stereocenters. The van der Waals surface area contributed by atoms with Gasteiger partial charge >= 0.3 is 0 Å². The van der Waals surface area contributed by atoms with Crippen molar-refractivity contribution in [3.63, 3.8) is 0 Å². The van der Waals surface area contributed by atoms with Gasteiger partial charge in [-0.05, 0) is 31.7 Å². The van der Waals surface area contributed by atoms with Gasteiger partial charge in [-0.25, -0.2) is 13.8 Å². The second-order valence-electron chi connectivity index (χ2n) is 8.90. The van der Waals surface area contributed by atoms with Crippen LogP contribution in [0.3, 0.4) is 0 Å². The van der Waals surface area contributed by atoms with E-state index in [1.807, 2.05) is 0 Å². The highest BCUT2D eigenvalue weighted by atomic mass is 32.2. The van der Waals surface area contributed by atoms with E-state index in [9.17, 15) is 22.0 Å². The third-order valence-electron chi connectivity index (χ3n) is 6.61. The highest BCUT2D eigenvalue weighted by Crippen LogP contribution is 2.32. The van der Waals surface area contributed by atoms with Crippen LogP contribution in [-0.4, -0.2) is 69.7 Å². The van der Waals surface area contributed by atoms with E-state index in [4.69, 9.17) is 0 Å². The highest BCUT2D eigenvalue weighted by molar-refractivity contribution is 7.86. The highest BCUT2D eigenvalue weighted by Gasteiger charge is 2.51. The number of nitrogens with zero attached hydrogens (tertiary/aromatic N) is 5. The van der Waals surface area contributed by atoms with Gasteiger partial charge in [0, 0.05) is 42.8 Å². The van der Waals surface area contributed by atoms with E-state index in [0.717, 1.165) is 35.4 Å². The van der Waals surface area contributed by atoms with Gasteiger partial charge in [-0.2, -0.15) is 22.0 Å². The summed E-state index contributed by atoms with van der Waals surface area (Å²) in [5.74, 6) is -2.53. The zero-order valence-corrected chi connectivity index (χ0v) is 18.4. The lowest BCUT2D eigenvalue weighted by molar-refractivity contribution is -0.0965. The van der Waals surface area contributed by atoms with Crippen molar-refractivity contribution in [2.45, 2.75) is 56.5 Å². The Morgan fingerprint density at radius 1 is 1.03 bits per heavy atom. The number of rotatable bonds is 5. The molecule has 4 heterocycles. The molecule has 2 aromatic rings. The van der Waals surface area contributed by atoms with E-state index in [2.05, 4.69) is 15.3 Å². The van der Waals surface area contributed by atoms with Gasteiger partial charge in [0.25, 0.3) is 21.7 Å². The maximum Gasteiger partial charge on any atom is 0.282 e. The molecule has 9 nitrogen and oxygen atoms in total. The summed E-state index contributed by atoms with van der Waals surface area (Å²) < 4.78 is 55.0. The van der Waals surface area contributed by atoms with Crippen LogP contribution in [0.25, 0.3) is 11.0 Å². The Morgan fingerprint density at radius 3 is 2.38 bits per heavy atom. The van der Waals surface area contributed by atoms with Crippen molar-refractivity contribution in [1.29, 1.82) is 0 Å². The number of aromatic nitrogens is 3. The molecule has 5 rings (SSSR count). The van der Waals surface area contributed by atoms with Crippen LogP contribution < -0.4 is 10.9 Å². The number of alkyl halides is 2. The monoisotopic (exact) mass is 468 g/mol. The fourth-order valence-corrected chi connectivity index (χ4v) is 6.54. The molecule has 3 aliphatic rings. The minimum absolute atomic E-state index is 0.0490. The molecule has 0 amide bonds. The molecule has 2 aliphatic heterocycles. The Morgan fingerprint density at radius 2 is 1.72 bits per heavy atom. The molecule has 32 heavy (non-hydrogen) atoms. The standard InChI is InChI=1S/C20H26F2N6O3S/c21-20(22)12-27(13-20)32(30,31)26-9-7-15(8-10-26)24-19-23-11-14-5-6-17(29)28(18(14)25-19)16-3-1-2-4-16/h5-6,11,15-16H,1-4,7-10,12-13H2,(H,23,24,25). The first-order valence-electron chi connectivity index (χ1n) is 11.0. The fourth-order valence-electron chi connectivity index (χ4n) is 4.83. The van der Waals surface area contributed by atoms with Crippen LogP contribution >= 0.6 is 0 Å². The first kappa shape index (κ1) is 21.7. The molecule has 1 N–H and O–H groups in total. The molecule has 0 radical (unpaired) electrons. The van der Waals surface area contributed by atoms with Crippen LogP contribution in [0.15, 0.2) is 23.1 Å². The number of halogens is 2. The first-order valence-corrected chi connectivity index (χ1v) is 12.4. The summed E-state index contributed by atoms with van der Waals surface area (Å²) in [7, 11) is -3.85. The summed E-state index contributed by atoms with van der Waals surface area (Å²) in [6, 6.07) is 3.39. The maximum atomic E-state index is 13.1. The second kappa shape index (κ2) is 7.99. The van der Waals surface area contributed by atoms with Crippen LogP contribution in [0.1, 0.15) is 44.6 Å². The Kier molecular flexibility index (Phi) is 5.41. The van der Waals surface area contributed by atoms with Crippen LogP contribution in [0.4, 0.5) is 14.7 Å². The minimum atomic E-state index is -3.85. The second-order valence-corrected chi connectivity index (χ2v) is 10.8. The van der Waals surface area contributed by atoms with E-state index in [1.54, 1.807) is 22.9 Å². The average Bonchev–Trinajstić information content (AvgIpc) is 3.26. The SMILES string of the molecule is O=c1ccc2cnc(NC3CCN(S(=O)(=O)N4CC(F)(F)C4)CC3)nc2n1C1CCCC1. The lowest BCUT2D eigenvalue weighted by atomic mass is 10.1. The van der Waals surface area contributed by atoms with Crippen LogP contribution in [0, 0.1) is 0 Å². The van der Waals surface area contributed by atoms with E-state index in [0.29, 0.717) is 24.4 Å². The summed E-state index contributed by atoms with van der Waals surface area (Å²) in [4.78, 5) is 21.5. The Balaban J connectivity index is 1.28. The Hall–Kier alpha value is -2.18. The number of fused-ring (bicyclic) bond motifs is 1. The molecular weight excluding hydrogens is 442 g/mol. The minimum Gasteiger partial charge on any atom is -0.351 e. The summed E-state index contributed by atoms with van der Waals surface area (Å²) >= 11 is 0. The van der Waals surface area contributed by atoms with Crippen molar-refractivity contribution < 1.29 is 17.2 Å². The molecule has 0 aromatic carbocycles. The number of piperidine rings is 1. The molecule has 12 heteroatoms. The Bertz CT molecular complexity index is 1170. The third kappa shape index (κ3) is 3.99. The van der Waals surface area contributed by atoms with Crippen molar-refractivity contribution in [3.8, 4) is 0 Å². The molecule has 174 valence electrons. The summed E-state index contributed by atoms with van der Waals surface area (Å²) in [6.07, 6.45) is 6.83. The molecule has 1 aliphatic carbocycles. The van der Waals surface area contributed by atoms with Crippen molar-refractivity contribution in [3.05, 3.63) is 28.7 Å². The summed E-state index contributed by atoms with van der Waals surface area (Å²) in [5.41, 5.74) is 0.546. The molecule has 2 aromatic heterocycles. The number of anilines is 1. The quantitative estimate of drug-likeness (QED) is 0.720. The smallest absolute Gasteiger partial charge is 0.282 e. The summed E-state index contributed by atoms with van der Waals surface area (Å²) in [6.45, 7) is -1.02. The van der Waals surface area contributed by atoms with Crippen LogP contribution in [0.2, 0.25) is 0 Å². The van der Waals surface area contributed by atoms with Gasteiger partial charge in [-0.1, -0.05) is 12.8 Å². The van der Waals surface area contributed by atoms with Gasteiger partial charge in [0.2, 0.25) is 5.95 Å². The molecule has 2 saturated heterocycles. The first-order chi connectivity index (χ1) is 15.2. The molecule has 1 saturated carbocycles. The van der Waals surface area contributed by atoms with Crippen LogP contribution in [0.5, 0.6) is 0 Å². The number of pyridine rings is 1. The predicted molar refractivity (Wildman–Crippen MR) is 115 cm³/mol. The van der Waals surface area contributed by atoms with Crippen molar-refractivity contribution in [2.24, 2.45) is 0 Å². The van der Waals surface area contributed by atoms with Crippen molar-refractivity contribution in [1.82, 2.24) is 23.1 Å². The lowest BCUT2D eigenvalue weighted by Crippen LogP contribution is -2.62. The Labute approximate surface area is 184 Å². The van der Waals surface area contributed by atoms with Gasteiger partial charge in [-0.15, -0.1) is 0 Å². The molecular formula is C20H26F2N6O3S. The molecule has 3 fully saturated rings. The van der Waals surface area contributed by atoms with Gasteiger partial charge in [0.15, 0.2) is 0 Å². The topological polar surface area (TPSA) is 100 Å². The van der Waals surface area contributed by atoms with E-state index >= 15 is 0 Å². The number of hydrogen-bond acceptors (Lipinski definition) is 6. The average molecular weight is 469 g/mol. The zero-order valence-electron chi connectivity index (χ0n) is 17.6. The number of hydrogen-bond donors (Lipinski definition) is 1. The normalized spacial score (nSPS) is 23.4. The van der Waals surface area contributed by atoms with Gasteiger partial charge in [-0.3, -0.25) is 9.36 Å². The van der Waals surface area contributed by atoms with Gasteiger partial charge in [0.05, 0.1) is 13.1 Å². The van der Waals surface area contributed by atoms with E-state index in [-0.39, 0.29) is 30.7 Å². The number of nitrogens with one attached hydrogen (secondary N) is 1. The van der Waals surface area contributed by atoms with E-state index in [1.165, 1.54) is 4.31 Å². The third-order valence-corrected chi connectivity index (χ3v) is 8.54. The van der Waals surface area contributed by atoms with E-state index < -0.39 is 29.2 Å².